The van der Waals surface area contributed by atoms with Crippen molar-refractivity contribution in [1.29, 1.82) is 0 Å². The SMILES string of the molecule is CCOC(=O)C(C)(CNC(=O)OC(C)(C)C)C1=CCCCC1. The summed E-state index contributed by atoms with van der Waals surface area (Å²) in [5, 5.41) is 2.71. The maximum atomic E-state index is 12.4. The van der Waals surface area contributed by atoms with Gasteiger partial charge in [-0.2, -0.15) is 0 Å². The number of esters is 1. The van der Waals surface area contributed by atoms with Gasteiger partial charge in [0, 0.05) is 6.54 Å². The number of hydrogen-bond donors (Lipinski definition) is 1. The molecular weight excluding hydrogens is 282 g/mol. The number of ether oxygens (including phenoxy) is 2. The third kappa shape index (κ3) is 5.35. The molecule has 0 saturated carbocycles. The zero-order valence-corrected chi connectivity index (χ0v) is 14.5. The number of rotatable bonds is 5. The standard InChI is InChI=1S/C17H29NO4/c1-6-21-14(19)17(5,13-10-8-7-9-11-13)12-18-15(20)22-16(2,3)4/h10H,6-9,11-12H2,1-5H3,(H,18,20). The number of alkyl carbamates (subject to hydrolysis) is 1. The zero-order valence-electron chi connectivity index (χ0n) is 14.5. The molecular formula is C17H29NO4. The van der Waals surface area contributed by atoms with E-state index < -0.39 is 17.1 Å². The lowest BCUT2D eigenvalue weighted by Crippen LogP contribution is -2.45. The van der Waals surface area contributed by atoms with E-state index in [4.69, 9.17) is 9.47 Å². The fourth-order valence-electron chi connectivity index (χ4n) is 2.51. The van der Waals surface area contributed by atoms with Gasteiger partial charge in [0.1, 0.15) is 11.0 Å². The number of carbonyl (C=O) groups is 2. The van der Waals surface area contributed by atoms with Crippen molar-refractivity contribution in [1.82, 2.24) is 5.32 Å². The van der Waals surface area contributed by atoms with Crippen LogP contribution in [0.1, 0.15) is 60.3 Å². The van der Waals surface area contributed by atoms with E-state index >= 15 is 0 Å². The van der Waals surface area contributed by atoms with Gasteiger partial charge in [-0.1, -0.05) is 11.6 Å². The van der Waals surface area contributed by atoms with Gasteiger partial charge in [0.15, 0.2) is 0 Å². The summed E-state index contributed by atoms with van der Waals surface area (Å²) in [5.74, 6) is -0.292. The molecule has 1 unspecified atom stereocenters. The van der Waals surface area contributed by atoms with Crippen molar-refractivity contribution in [3.8, 4) is 0 Å². The van der Waals surface area contributed by atoms with Crippen LogP contribution in [0.25, 0.3) is 0 Å². The van der Waals surface area contributed by atoms with E-state index in [-0.39, 0.29) is 12.5 Å². The van der Waals surface area contributed by atoms with Crippen molar-refractivity contribution in [3.63, 3.8) is 0 Å². The molecule has 0 heterocycles. The molecule has 0 radical (unpaired) electrons. The third-order valence-corrected chi connectivity index (χ3v) is 3.71. The summed E-state index contributed by atoms with van der Waals surface area (Å²) >= 11 is 0. The second-order valence-electron chi connectivity index (χ2n) is 6.88. The van der Waals surface area contributed by atoms with E-state index in [0.717, 1.165) is 31.3 Å². The summed E-state index contributed by atoms with van der Waals surface area (Å²) in [6.07, 6.45) is 5.63. The minimum absolute atomic E-state index is 0.187. The Morgan fingerprint density at radius 3 is 2.41 bits per heavy atom. The lowest BCUT2D eigenvalue weighted by Gasteiger charge is -2.32. The van der Waals surface area contributed by atoms with Crippen LogP contribution < -0.4 is 5.32 Å². The molecule has 0 spiro atoms. The topological polar surface area (TPSA) is 64.6 Å². The van der Waals surface area contributed by atoms with Crippen LogP contribution in [0.4, 0.5) is 4.79 Å². The van der Waals surface area contributed by atoms with E-state index in [0.29, 0.717) is 6.61 Å². The van der Waals surface area contributed by atoms with Crippen LogP contribution in [-0.2, 0) is 14.3 Å². The van der Waals surface area contributed by atoms with Crippen LogP contribution in [0.3, 0.4) is 0 Å². The van der Waals surface area contributed by atoms with Crippen LogP contribution in [0, 0.1) is 5.41 Å². The number of nitrogens with one attached hydrogen (secondary N) is 1. The number of hydrogen-bond acceptors (Lipinski definition) is 4. The van der Waals surface area contributed by atoms with Gasteiger partial charge < -0.3 is 14.8 Å². The summed E-state index contributed by atoms with van der Waals surface area (Å²) in [6.45, 7) is 9.55. The fourth-order valence-corrected chi connectivity index (χ4v) is 2.51. The minimum Gasteiger partial charge on any atom is -0.465 e. The predicted octanol–water partition coefficient (Wildman–Crippen LogP) is 3.58. The molecule has 1 amide bonds. The van der Waals surface area contributed by atoms with Crippen LogP contribution >= 0.6 is 0 Å². The maximum Gasteiger partial charge on any atom is 0.407 e. The van der Waals surface area contributed by atoms with Crippen LogP contribution in [0.5, 0.6) is 0 Å². The number of carbonyl (C=O) groups excluding carboxylic acids is 2. The number of amides is 1. The first-order chi connectivity index (χ1) is 10.2. The molecule has 5 heteroatoms. The molecule has 0 fully saturated rings. The van der Waals surface area contributed by atoms with Crippen LogP contribution in [-0.4, -0.2) is 30.8 Å². The molecule has 1 aliphatic carbocycles. The van der Waals surface area contributed by atoms with Crippen molar-refractivity contribution in [2.75, 3.05) is 13.2 Å². The fraction of sp³-hybridized carbons (Fsp3) is 0.765. The minimum atomic E-state index is -0.826. The van der Waals surface area contributed by atoms with Gasteiger partial charge in [-0.15, -0.1) is 0 Å². The Bertz CT molecular complexity index is 436. The summed E-state index contributed by atoms with van der Waals surface area (Å²) in [5.41, 5.74) is -0.338. The first kappa shape index (κ1) is 18.5. The summed E-state index contributed by atoms with van der Waals surface area (Å²) in [7, 11) is 0. The molecule has 5 nitrogen and oxygen atoms in total. The zero-order chi connectivity index (χ0) is 16.8. The second kappa shape index (κ2) is 7.65. The monoisotopic (exact) mass is 311 g/mol. The summed E-state index contributed by atoms with van der Waals surface area (Å²) in [4.78, 5) is 24.3. The Morgan fingerprint density at radius 2 is 1.91 bits per heavy atom. The van der Waals surface area contributed by atoms with Crippen molar-refractivity contribution in [2.24, 2.45) is 5.41 Å². The largest absolute Gasteiger partial charge is 0.465 e. The molecule has 1 N–H and O–H groups in total. The molecule has 0 saturated heterocycles. The van der Waals surface area contributed by atoms with Gasteiger partial charge in [-0.3, -0.25) is 4.79 Å². The molecule has 22 heavy (non-hydrogen) atoms. The predicted molar refractivity (Wildman–Crippen MR) is 85.5 cm³/mol. The summed E-state index contributed by atoms with van der Waals surface area (Å²) < 4.78 is 10.5. The van der Waals surface area contributed by atoms with Gasteiger partial charge >= 0.3 is 12.1 Å². The van der Waals surface area contributed by atoms with E-state index in [2.05, 4.69) is 11.4 Å². The Kier molecular flexibility index (Phi) is 6.45. The molecule has 126 valence electrons. The van der Waals surface area contributed by atoms with Gasteiger partial charge in [-0.05, 0) is 60.3 Å². The lowest BCUT2D eigenvalue weighted by molar-refractivity contribution is -0.152. The first-order valence-corrected chi connectivity index (χ1v) is 8.02. The highest BCUT2D eigenvalue weighted by Crippen LogP contribution is 2.35. The quantitative estimate of drug-likeness (QED) is 0.622. The average Bonchev–Trinajstić information content (AvgIpc) is 2.44. The molecule has 0 aromatic carbocycles. The molecule has 0 bridgehead atoms. The average molecular weight is 311 g/mol. The van der Waals surface area contributed by atoms with E-state index in [1.807, 2.05) is 6.92 Å². The third-order valence-electron chi connectivity index (χ3n) is 3.71. The maximum absolute atomic E-state index is 12.4. The molecule has 1 rings (SSSR count). The smallest absolute Gasteiger partial charge is 0.407 e. The lowest BCUT2D eigenvalue weighted by atomic mass is 9.77. The van der Waals surface area contributed by atoms with Gasteiger partial charge in [-0.25, -0.2) is 4.79 Å². The Balaban J connectivity index is 2.80. The van der Waals surface area contributed by atoms with Gasteiger partial charge in [0.05, 0.1) is 6.61 Å². The highest BCUT2D eigenvalue weighted by atomic mass is 16.6. The van der Waals surface area contributed by atoms with Crippen LogP contribution in [0.15, 0.2) is 11.6 Å². The molecule has 0 aromatic rings. The van der Waals surface area contributed by atoms with Crippen molar-refractivity contribution in [2.45, 2.75) is 65.9 Å². The normalized spacial score (nSPS) is 18.0. The van der Waals surface area contributed by atoms with E-state index in [9.17, 15) is 9.59 Å². The Morgan fingerprint density at radius 1 is 1.23 bits per heavy atom. The number of allylic oxidation sites excluding steroid dienone is 1. The van der Waals surface area contributed by atoms with Crippen LogP contribution in [0.2, 0.25) is 0 Å². The van der Waals surface area contributed by atoms with Crippen molar-refractivity contribution in [3.05, 3.63) is 11.6 Å². The highest BCUT2D eigenvalue weighted by Gasteiger charge is 2.39. The molecule has 1 aliphatic rings. The molecule has 0 aliphatic heterocycles. The second-order valence-corrected chi connectivity index (χ2v) is 6.88. The van der Waals surface area contributed by atoms with Crippen molar-refractivity contribution >= 4 is 12.1 Å². The van der Waals surface area contributed by atoms with Crippen molar-refractivity contribution < 1.29 is 19.1 Å². The molecule has 1 atom stereocenters. The highest BCUT2D eigenvalue weighted by molar-refractivity contribution is 5.81. The Labute approximate surface area is 133 Å². The van der Waals surface area contributed by atoms with E-state index in [1.54, 1.807) is 27.7 Å². The Hall–Kier alpha value is -1.52. The summed E-state index contributed by atoms with van der Waals surface area (Å²) in [6, 6.07) is 0. The van der Waals surface area contributed by atoms with Gasteiger partial charge in [0.2, 0.25) is 0 Å². The van der Waals surface area contributed by atoms with Gasteiger partial charge in [0.25, 0.3) is 0 Å². The molecule has 0 aromatic heterocycles. The van der Waals surface area contributed by atoms with E-state index in [1.165, 1.54) is 0 Å². The first-order valence-electron chi connectivity index (χ1n) is 8.02.